The molecule has 1 heterocycles. The summed E-state index contributed by atoms with van der Waals surface area (Å²) >= 11 is 0. The van der Waals surface area contributed by atoms with E-state index in [0.717, 1.165) is 17.9 Å². The van der Waals surface area contributed by atoms with Gasteiger partial charge in [-0.1, -0.05) is 19.9 Å². The molecule has 0 saturated heterocycles. The van der Waals surface area contributed by atoms with Gasteiger partial charge in [-0.3, -0.25) is 4.79 Å². The van der Waals surface area contributed by atoms with Crippen LogP contribution in [0.1, 0.15) is 19.4 Å². The Kier molecular flexibility index (Phi) is 5.58. The van der Waals surface area contributed by atoms with E-state index in [4.69, 9.17) is 0 Å². The molecule has 2 N–H and O–H groups in total. The summed E-state index contributed by atoms with van der Waals surface area (Å²) in [6, 6.07) is 4.36. The lowest BCUT2D eigenvalue weighted by Gasteiger charge is -2.20. The molecule has 0 atom stereocenters. The van der Waals surface area contributed by atoms with Crippen molar-refractivity contribution in [2.24, 2.45) is 0 Å². The summed E-state index contributed by atoms with van der Waals surface area (Å²) in [5.41, 5.74) is 1.10. The smallest absolute Gasteiger partial charge is 0.239 e. The van der Waals surface area contributed by atoms with Crippen LogP contribution in [-0.2, 0) is 11.3 Å². The minimum atomic E-state index is -0.0223. The fourth-order valence-electron chi connectivity index (χ4n) is 1.60. The van der Waals surface area contributed by atoms with Crippen LogP contribution in [-0.4, -0.2) is 37.6 Å². The van der Waals surface area contributed by atoms with Crippen LogP contribution in [0, 0.1) is 0 Å². The van der Waals surface area contributed by atoms with E-state index in [1.54, 1.807) is 13.2 Å². The molecule has 1 rings (SSSR count). The average molecular weight is 250 g/mol. The summed E-state index contributed by atoms with van der Waals surface area (Å²) in [4.78, 5) is 17.6. The van der Waals surface area contributed by atoms with Crippen LogP contribution >= 0.6 is 0 Å². The number of aromatic nitrogens is 1. The van der Waals surface area contributed by atoms with Crippen LogP contribution in [0.2, 0.25) is 0 Å². The van der Waals surface area contributed by atoms with Crippen LogP contribution in [0.4, 0.5) is 5.82 Å². The highest BCUT2D eigenvalue weighted by atomic mass is 16.1. The summed E-state index contributed by atoms with van der Waals surface area (Å²) in [6.07, 6.45) is 1.74. The van der Waals surface area contributed by atoms with Crippen LogP contribution < -0.4 is 15.5 Å². The van der Waals surface area contributed by atoms with Crippen molar-refractivity contribution in [1.29, 1.82) is 0 Å². The first kappa shape index (κ1) is 14.4. The third kappa shape index (κ3) is 4.33. The highest BCUT2D eigenvalue weighted by molar-refractivity contribution is 5.80. The third-order valence-corrected chi connectivity index (χ3v) is 2.59. The van der Waals surface area contributed by atoms with Crippen molar-refractivity contribution in [3.05, 3.63) is 23.9 Å². The highest BCUT2D eigenvalue weighted by Crippen LogP contribution is 2.15. The predicted molar refractivity (Wildman–Crippen MR) is 73.5 cm³/mol. The molecule has 0 spiro atoms. The van der Waals surface area contributed by atoms with E-state index in [-0.39, 0.29) is 5.91 Å². The number of hydrogen-bond donors (Lipinski definition) is 2. The minimum Gasteiger partial charge on any atom is -0.358 e. The second-order valence-corrected chi connectivity index (χ2v) is 4.55. The van der Waals surface area contributed by atoms with Gasteiger partial charge in [-0.25, -0.2) is 4.98 Å². The second-order valence-electron chi connectivity index (χ2n) is 4.55. The Morgan fingerprint density at radius 2 is 2.22 bits per heavy atom. The SMILES string of the molecule is CNC(=O)CN(C)c1ncccc1CNC(C)C. The van der Waals surface area contributed by atoms with Gasteiger partial charge >= 0.3 is 0 Å². The molecule has 1 aromatic heterocycles. The Morgan fingerprint density at radius 3 is 2.83 bits per heavy atom. The van der Waals surface area contributed by atoms with Gasteiger partial charge in [-0.15, -0.1) is 0 Å². The van der Waals surface area contributed by atoms with Crippen molar-refractivity contribution in [2.45, 2.75) is 26.4 Å². The van der Waals surface area contributed by atoms with Crippen molar-refractivity contribution in [3.8, 4) is 0 Å². The summed E-state index contributed by atoms with van der Waals surface area (Å²) in [5, 5.41) is 5.97. The number of anilines is 1. The summed E-state index contributed by atoms with van der Waals surface area (Å²) in [7, 11) is 3.51. The molecule has 18 heavy (non-hydrogen) atoms. The van der Waals surface area contributed by atoms with Gasteiger partial charge in [0.15, 0.2) is 0 Å². The van der Waals surface area contributed by atoms with Crippen molar-refractivity contribution in [2.75, 3.05) is 25.5 Å². The zero-order chi connectivity index (χ0) is 13.5. The molecule has 0 aliphatic heterocycles. The molecule has 1 aromatic rings. The molecule has 100 valence electrons. The summed E-state index contributed by atoms with van der Waals surface area (Å²) in [5.74, 6) is 0.820. The van der Waals surface area contributed by atoms with Crippen molar-refractivity contribution in [1.82, 2.24) is 15.6 Å². The Labute approximate surface area is 109 Å². The maximum atomic E-state index is 11.4. The monoisotopic (exact) mass is 250 g/mol. The van der Waals surface area contributed by atoms with Gasteiger partial charge in [0.05, 0.1) is 6.54 Å². The average Bonchev–Trinajstić information content (AvgIpc) is 2.36. The molecule has 5 heteroatoms. The number of hydrogen-bond acceptors (Lipinski definition) is 4. The molecule has 0 bridgehead atoms. The first-order valence-corrected chi connectivity index (χ1v) is 6.13. The van der Waals surface area contributed by atoms with E-state index < -0.39 is 0 Å². The number of carbonyl (C=O) groups excluding carboxylic acids is 1. The van der Waals surface area contributed by atoms with Gasteiger partial charge in [-0.05, 0) is 6.07 Å². The Hall–Kier alpha value is -1.62. The number of carbonyl (C=O) groups is 1. The Balaban J connectivity index is 2.77. The molecule has 0 radical (unpaired) electrons. The van der Waals surface area contributed by atoms with Crippen LogP contribution in [0.3, 0.4) is 0 Å². The number of amides is 1. The van der Waals surface area contributed by atoms with E-state index >= 15 is 0 Å². The molecule has 0 unspecified atom stereocenters. The topological polar surface area (TPSA) is 57.3 Å². The normalized spacial score (nSPS) is 10.5. The van der Waals surface area contributed by atoms with Crippen LogP contribution in [0.15, 0.2) is 18.3 Å². The van der Waals surface area contributed by atoms with E-state index in [1.165, 1.54) is 0 Å². The molecule has 5 nitrogen and oxygen atoms in total. The number of likely N-dealkylation sites (N-methyl/N-ethyl adjacent to an activating group) is 2. The standard InChI is InChI=1S/C13H22N4O/c1-10(2)16-8-11-6-5-7-15-13(11)17(4)9-12(18)14-3/h5-7,10,16H,8-9H2,1-4H3,(H,14,18). The van der Waals surface area contributed by atoms with Gasteiger partial charge < -0.3 is 15.5 Å². The van der Waals surface area contributed by atoms with Gasteiger partial charge in [0, 0.05) is 38.4 Å². The maximum Gasteiger partial charge on any atom is 0.239 e. The number of rotatable bonds is 6. The molecular formula is C13H22N4O. The zero-order valence-corrected chi connectivity index (χ0v) is 11.5. The van der Waals surface area contributed by atoms with Gasteiger partial charge in [0.1, 0.15) is 5.82 Å². The predicted octanol–water partition coefficient (Wildman–Crippen LogP) is 0.762. The van der Waals surface area contributed by atoms with E-state index in [1.807, 2.05) is 24.1 Å². The molecule has 0 saturated carbocycles. The van der Waals surface area contributed by atoms with Gasteiger partial charge in [0.2, 0.25) is 5.91 Å². The lowest BCUT2D eigenvalue weighted by Crippen LogP contribution is -2.34. The van der Waals surface area contributed by atoms with Crippen molar-refractivity contribution in [3.63, 3.8) is 0 Å². The second kappa shape index (κ2) is 6.96. The summed E-state index contributed by atoms with van der Waals surface area (Å²) in [6.45, 7) is 5.26. The van der Waals surface area contributed by atoms with E-state index in [0.29, 0.717) is 12.6 Å². The van der Waals surface area contributed by atoms with E-state index in [2.05, 4.69) is 29.5 Å². The van der Waals surface area contributed by atoms with Crippen molar-refractivity contribution >= 4 is 11.7 Å². The third-order valence-electron chi connectivity index (χ3n) is 2.59. The molecule has 0 aromatic carbocycles. The van der Waals surface area contributed by atoms with Crippen molar-refractivity contribution < 1.29 is 4.79 Å². The number of nitrogens with one attached hydrogen (secondary N) is 2. The maximum absolute atomic E-state index is 11.4. The van der Waals surface area contributed by atoms with Crippen LogP contribution in [0.25, 0.3) is 0 Å². The number of nitrogens with zero attached hydrogens (tertiary/aromatic N) is 2. The molecule has 0 fully saturated rings. The Morgan fingerprint density at radius 1 is 1.50 bits per heavy atom. The van der Waals surface area contributed by atoms with E-state index in [9.17, 15) is 4.79 Å². The largest absolute Gasteiger partial charge is 0.358 e. The Bertz CT molecular complexity index is 392. The molecular weight excluding hydrogens is 228 g/mol. The zero-order valence-electron chi connectivity index (χ0n) is 11.5. The van der Waals surface area contributed by atoms with Crippen LogP contribution in [0.5, 0.6) is 0 Å². The molecule has 0 aliphatic rings. The fraction of sp³-hybridized carbons (Fsp3) is 0.538. The number of pyridine rings is 1. The lowest BCUT2D eigenvalue weighted by atomic mass is 10.2. The highest BCUT2D eigenvalue weighted by Gasteiger charge is 2.11. The molecule has 1 amide bonds. The first-order chi connectivity index (χ1) is 8.54. The van der Waals surface area contributed by atoms with Gasteiger partial charge in [0.25, 0.3) is 0 Å². The minimum absolute atomic E-state index is 0.0223. The fourth-order valence-corrected chi connectivity index (χ4v) is 1.60. The summed E-state index contributed by atoms with van der Waals surface area (Å²) < 4.78 is 0. The first-order valence-electron chi connectivity index (χ1n) is 6.13. The lowest BCUT2D eigenvalue weighted by molar-refractivity contribution is -0.119. The van der Waals surface area contributed by atoms with Gasteiger partial charge in [-0.2, -0.15) is 0 Å². The molecule has 0 aliphatic carbocycles. The quantitative estimate of drug-likeness (QED) is 0.782.